The Hall–Kier alpha value is -3.01. The Morgan fingerprint density at radius 3 is 2.49 bits per heavy atom. The molecule has 2 saturated heterocycles. The first-order chi connectivity index (χ1) is 16.9. The molecule has 0 aliphatic carbocycles. The lowest BCUT2D eigenvalue weighted by molar-refractivity contribution is 0.00552. The molecule has 2 unspecified atom stereocenters. The lowest BCUT2D eigenvalue weighted by atomic mass is 9.94. The summed E-state index contributed by atoms with van der Waals surface area (Å²) in [7, 11) is 3.75. The fourth-order valence-corrected chi connectivity index (χ4v) is 4.72. The van der Waals surface area contributed by atoms with Crippen LogP contribution in [0.1, 0.15) is 30.1 Å². The molecule has 0 spiro atoms. The average molecular weight is 484 g/mol. The first-order valence-corrected chi connectivity index (χ1v) is 11.9. The van der Waals surface area contributed by atoms with Gasteiger partial charge in [-0.3, -0.25) is 10.1 Å². The summed E-state index contributed by atoms with van der Waals surface area (Å²) in [5.41, 5.74) is 1.24. The van der Waals surface area contributed by atoms with Crippen LogP contribution in [0.25, 0.3) is 22.0 Å². The van der Waals surface area contributed by atoms with E-state index in [-0.39, 0.29) is 23.5 Å². The molecule has 0 bridgehead atoms. The van der Waals surface area contributed by atoms with Crippen molar-refractivity contribution in [3.8, 4) is 11.1 Å². The molecule has 2 atom stereocenters. The summed E-state index contributed by atoms with van der Waals surface area (Å²) >= 11 is 0. The smallest absolute Gasteiger partial charge is 0.150 e. The van der Waals surface area contributed by atoms with Crippen LogP contribution in [0.15, 0.2) is 36.7 Å². The van der Waals surface area contributed by atoms with Gasteiger partial charge in [-0.15, -0.1) is 0 Å². The highest BCUT2D eigenvalue weighted by molar-refractivity contribution is 5.99. The number of nitrogens with zero attached hydrogens (tertiary/aromatic N) is 3. The highest BCUT2D eigenvalue weighted by Crippen LogP contribution is 2.35. The standard InChI is InChI=1S/C24H24F2N4O2.C2H7N/c1-14-11-27-24(32-14)16-4-6-30(7-5-16)23-20-10-17(25)9-19(22(20)28-13-29-23)18-3-2-15(12-31)8-21(18)26;1-3-2/h2-3,8-10,12-14,16,24,27H,4-7,11H2,1H3;3H,1-2H3. The van der Waals surface area contributed by atoms with Crippen LogP contribution in [0.5, 0.6) is 0 Å². The van der Waals surface area contributed by atoms with Gasteiger partial charge in [0.2, 0.25) is 0 Å². The molecule has 3 aromatic rings. The number of aldehydes is 1. The van der Waals surface area contributed by atoms with Gasteiger partial charge >= 0.3 is 0 Å². The fraction of sp³-hybridized carbons (Fsp3) is 0.423. The molecule has 0 saturated carbocycles. The largest absolute Gasteiger partial charge is 0.359 e. The zero-order chi connectivity index (χ0) is 24.9. The maximum atomic E-state index is 14.7. The summed E-state index contributed by atoms with van der Waals surface area (Å²) in [6, 6.07) is 6.81. The first kappa shape index (κ1) is 25.1. The number of halogens is 2. The number of hydrogen-bond donors (Lipinski definition) is 2. The number of carbonyl (C=O) groups is 1. The van der Waals surface area contributed by atoms with Gasteiger partial charge in [-0.05, 0) is 52.1 Å². The van der Waals surface area contributed by atoms with Crippen LogP contribution >= 0.6 is 0 Å². The molecule has 35 heavy (non-hydrogen) atoms. The van der Waals surface area contributed by atoms with Crippen LogP contribution in [0, 0.1) is 17.6 Å². The molecule has 7 nitrogen and oxygen atoms in total. The number of rotatable bonds is 4. The van der Waals surface area contributed by atoms with Gasteiger partial charge < -0.3 is 15.0 Å². The monoisotopic (exact) mass is 483 g/mol. The summed E-state index contributed by atoms with van der Waals surface area (Å²) in [4.78, 5) is 21.9. The summed E-state index contributed by atoms with van der Waals surface area (Å²) in [5.74, 6) is -0.0228. The number of fused-ring (bicyclic) bond motifs is 1. The normalized spacial score (nSPS) is 20.5. The summed E-state index contributed by atoms with van der Waals surface area (Å²) in [6.07, 6.45) is 4.18. The van der Waals surface area contributed by atoms with E-state index in [9.17, 15) is 13.6 Å². The van der Waals surface area contributed by atoms with Crippen molar-refractivity contribution in [1.29, 1.82) is 0 Å². The minimum Gasteiger partial charge on any atom is -0.359 e. The number of anilines is 1. The zero-order valence-corrected chi connectivity index (χ0v) is 20.2. The molecule has 2 fully saturated rings. The Kier molecular flexibility index (Phi) is 8.00. The highest BCUT2D eigenvalue weighted by atomic mass is 19.1. The number of ether oxygens (including phenoxy) is 1. The molecule has 2 aliphatic heterocycles. The molecule has 3 heterocycles. The second kappa shape index (κ2) is 11.2. The van der Waals surface area contributed by atoms with Gasteiger partial charge in [0.15, 0.2) is 0 Å². The van der Waals surface area contributed by atoms with Gasteiger partial charge in [0.1, 0.15) is 36.3 Å². The first-order valence-electron chi connectivity index (χ1n) is 11.9. The number of benzene rings is 2. The molecule has 9 heteroatoms. The Morgan fingerprint density at radius 1 is 1.11 bits per heavy atom. The Balaban J connectivity index is 0.000000917. The van der Waals surface area contributed by atoms with Crippen molar-refractivity contribution >= 4 is 23.0 Å². The van der Waals surface area contributed by atoms with E-state index in [1.54, 1.807) is 0 Å². The topological polar surface area (TPSA) is 79.4 Å². The molecule has 0 amide bonds. The third-order valence-electron chi connectivity index (χ3n) is 6.35. The predicted molar refractivity (Wildman–Crippen MR) is 133 cm³/mol. The third kappa shape index (κ3) is 5.47. The number of aromatic nitrogens is 2. The molecule has 0 radical (unpaired) electrons. The van der Waals surface area contributed by atoms with Crippen LogP contribution < -0.4 is 15.5 Å². The van der Waals surface area contributed by atoms with Crippen molar-refractivity contribution in [3.05, 3.63) is 53.9 Å². The minimum absolute atomic E-state index is 0.0793. The molecule has 2 aliphatic rings. The molecular weight excluding hydrogens is 452 g/mol. The quantitative estimate of drug-likeness (QED) is 0.547. The minimum atomic E-state index is -0.597. The molecule has 5 rings (SSSR count). The van der Waals surface area contributed by atoms with E-state index in [1.807, 2.05) is 14.1 Å². The molecule has 2 aromatic carbocycles. The second-order valence-corrected chi connectivity index (χ2v) is 9.00. The van der Waals surface area contributed by atoms with E-state index in [2.05, 4.69) is 32.4 Å². The Labute approximate surface area is 203 Å². The number of nitrogens with one attached hydrogen (secondary N) is 2. The zero-order valence-electron chi connectivity index (χ0n) is 20.2. The van der Waals surface area contributed by atoms with E-state index in [0.717, 1.165) is 38.5 Å². The highest BCUT2D eigenvalue weighted by Gasteiger charge is 2.32. The van der Waals surface area contributed by atoms with Crippen LogP contribution in [-0.4, -0.2) is 62.3 Å². The van der Waals surface area contributed by atoms with Gasteiger partial charge in [0.25, 0.3) is 0 Å². The van der Waals surface area contributed by atoms with E-state index in [0.29, 0.717) is 34.5 Å². The fourth-order valence-electron chi connectivity index (χ4n) is 4.72. The Morgan fingerprint density at radius 2 is 1.86 bits per heavy atom. The second-order valence-electron chi connectivity index (χ2n) is 9.00. The van der Waals surface area contributed by atoms with E-state index < -0.39 is 11.6 Å². The van der Waals surface area contributed by atoms with Crippen LogP contribution in [0.4, 0.5) is 14.6 Å². The van der Waals surface area contributed by atoms with E-state index in [1.165, 1.54) is 30.6 Å². The van der Waals surface area contributed by atoms with Gasteiger partial charge in [-0.25, -0.2) is 18.7 Å². The number of piperidine rings is 1. The van der Waals surface area contributed by atoms with Crippen molar-refractivity contribution in [1.82, 2.24) is 20.6 Å². The maximum Gasteiger partial charge on any atom is 0.150 e. The van der Waals surface area contributed by atoms with Crippen molar-refractivity contribution in [2.45, 2.75) is 32.1 Å². The lowest BCUT2D eigenvalue weighted by Gasteiger charge is -2.35. The maximum absolute atomic E-state index is 14.7. The van der Waals surface area contributed by atoms with E-state index >= 15 is 0 Å². The van der Waals surface area contributed by atoms with Gasteiger partial charge in [-0.2, -0.15) is 0 Å². The summed E-state index contributed by atoms with van der Waals surface area (Å²) in [6.45, 7) is 4.46. The van der Waals surface area contributed by atoms with Crippen molar-refractivity contribution in [3.63, 3.8) is 0 Å². The number of hydrogen-bond acceptors (Lipinski definition) is 7. The van der Waals surface area contributed by atoms with Crippen molar-refractivity contribution in [2.24, 2.45) is 5.92 Å². The van der Waals surface area contributed by atoms with Crippen LogP contribution in [0.2, 0.25) is 0 Å². The van der Waals surface area contributed by atoms with Gasteiger partial charge in [0.05, 0.1) is 11.6 Å². The third-order valence-corrected chi connectivity index (χ3v) is 6.35. The molecule has 1 aromatic heterocycles. The van der Waals surface area contributed by atoms with E-state index in [4.69, 9.17) is 4.74 Å². The molecule has 186 valence electrons. The SMILES string of the molecule is CC1CNC(C2CCN(c3ncnc4c(-c5ccc(C=O)cc5F)cc(F)cc34)CC2)O1.CNC. The van der Waals surface area contributed by atoms with Gasteiger partial charge in [0, 0.05) is 47.6 Å². The van der Waals surface area contributed by atoms with Gasteiger partial charge in [-0.1, -0.05) is 12.1 Å². The lowest BCUT2D eigenvalue weighted by Crippen LogP contribution is -2.41. The van der Waals surface area contributed by atoms with Crippen LogP contribution in [-0.2, 0) is 4.74 Å². The molecule has 2 N–H and O–H groups in total. The summed E-state index contributed by atoms with van der Waals surface area (Å²) in [5, 5.41) is 6.73. The van der Waals surface area contributed by atoms with Crippen molar-refractivity contribution < 1.29 is 18.3 Å². The summed E-state index contributed by atoms with van der Waals surface area (Å²) < 4.78 is 35.3. The Bertz CT molecular complexity index is 1180. The molecular formula is C26H31F2N5O2. The number of carbonyl (C=O) groups excluding carboxylic acids is 1. The van der Waals surface area contributed by atoms with Crippen LogP contribution in [0.3, 0.4) is 0 Å². The van der Waals surface area contributed by atoms with Crippen molar-refractivity contribution in [2.75, 3.05) is 38.6 Å². The predicted octanol–water partition coefficient (Wildman–Crippen LogP) is 3.77. The average Bonchev–Trinajstić information content (AvgIpc) is 3.30.